The van der Waals surface area contributed by atoms with E-state index in [-0.39, 0.29) is 18.0 Å². The number of amides is 1. The van der Waals surface area contributed by atoms with Crippen molar-refractivity contribution >= 4 is 5.91 Å². The van der Waals surface area contributed by atoms with E-state index in [2.05, 4.69) is 5.32 Å². The number of methoxy groups -OCH3 is 1. The van der Waals surface area contributed by atoms with Gasteiger partial charge in [0.1, 0.15) is 17.8 Å². The number of ether oxygens (including phenoxy) is 1. The van der Waals surface area contributed by atoms with Crippen molar-refractivity contribution in [3.05, 3.63) is 53.5 Å². The van der Waals surface area contributed by atoms with Crippen LogP contribution in [0.25, 0.3) is 0 Å². The molecule has 1 aliphatic rings. The standard InChI is InChI=1S/C18H22N2O3/c1-22-15-6-4-14(5-7-15)18(8-2-3-9-18)20-17(21)13-10-16(11-19)23-12-13/h4-7,10,12H,2-3,8-9,11,19H2,1H3,(H,20,21). The summed E-state index contributed by atoms with van der Waals surface area (Å²) in [7, 11) is 1.65. The fourth-order valence-electron chi connectivity index (χ4n) is 3.27. The number of benzene rings is 1. The predicted octanol–water partition coefficient (Wildman–Crippen LogP) is 2.95. The van der Waals surface area contributed by atoms with Gasteiger partial charge in [-0.05, 0) is 36.6 Å². The zero-order chi connectivity index (χ0) is 16.3. The van der Waals surface area contributed by atoms with Crippen molar-refractivity contribution < 1.29 is 13.9 Å². The summed E-state index contributed by atoms with van der Waals surface area (Å²) < 4.78 is 10.5. The molecule has 5 nitrogen and oxygen atoms in total. The zero-order valence-corrected chi connectivity index (χ0v) is 13.3. The number of hydrogen-bond acceptors (Lipinski definition) is 4. The van der Waals surface area contributed by atoms with Crippen molar-refractivity contribution in [2.75, 3.05) is 7.11 Å². The highest BCUT2D eigenvalue weighted by Gasteiger charge is 2.37. The maximum atomic E-state index is 12.6. The van der Waals surface area contributed by atoms with E-state index in [4.69, 9.17) is 14.9 Å². The molecular weight excluding hydrogens is 292 g/mol. The van der Waals surface area contributed by atoms with Gasteiger partial charge in [0.2, 0.25) is 0 Å². The molecule has 1 aliphatic carbocycles. The Morgan fingerprint density at radius 3 is 2.57 bits per heavy atom. The summed E-state index contributed by atoms with van der Waals surface area (Å²) in [6, 6.07) is 9.64. The summed E-state index contributed by atoms with van der Waals surface area (Å²) in [6.45, 7) is 0.289. The monoisotopic (exact) mass is 314 g/mol. The summed E-state index contributed by atoms with van der Waals surface area (Å²) >= 11 is 0. The second-order valence-corrected chi connectivity index (χ2v) is 5.98. The molecule has 122 valence electrons. The van der Waals surface area contributed by atoms with Gasteiger partial charge >= 0.3 is 0 Å². The lowest BCUT2D eigenvalue weighted by atomic mass is 9.87. The third-order valence-electron chi connectivity index (χ3n) is 4.57. The lowest BCUT2D eigenvalue weighted by Crippen LogP contribution is -2.43. The van der Waals surface area contributed by atoms with Gasteiger partial charge in [-0.2, -0.15) is 0 Å². The van der Waals surface area contributed by atoms with Crippen LogP contribution in [0.4, 0.5) is 0 Å². The Balaban J connectivity index is 1.84. The molecule has 23 heavy (non-hydrogen) atoms. The number of rotatable bonds is 5. The minimum absolute atomic E-state index is 0.119. The van der Waals surface area contributed by atoms with E-state index < -0.39 is 0 Å². The highest BCUT2D eigenvalue weighted by molar-refractivity contribution is 5.94. The van der Waals surface area contributed by atoms with Crippen LogP contribution >= 0.6 is 0 Å². The van der Waals surface area contributed by atoms with Crippen LogP contribution in [0.2, 0.25) is 0 Å². The first-order valence-corrected chi connectivity index (χ1v) is 7.91. The molecule has 1 amide bonds. The quantitative estimate of drug-likeness (QED) is 0.889. The van der Waals surface area contributed by atoms with Crippen LogP contribution in [0.3, 0.4) is 0 Å². The number of hydrogen-bond donors (Lipinski definition) is 2. The lowest BCUT2D eigenvalue weighted by molar-refractivity contribution is 0.0897. The molecule has 2 aromatic rings. The Morgan fingerprint density at radius 1 is 1.30 bits per heavy atom. The van der Waals surface area contributed by atoms with Gasteiger partial charge in [-0.15, -0.1) is 0 Å². The molecule has 0 saturated heterocycles. The van der Waals surface area contributed by atoms with Crippen molar-refractivity contribution in [3.8, 4) is 5.75 Å². The van der Waals surface area contributed by atoms with Crippen LogP contribution in [-0.4, -0.2) is 13.0 Å². The van der Waals surface area contributed by atoms with Crippen LogP contribution < -0.4 is 15.8 Å². The molecule has 1 fully saturated rings. The van der Waals surface area contributed by atoms with E-state index in [0.717, 1.165) is 37.0 Å². The van der Waals surface area contributed by atoms with Crippen molar-refractivity contribution in [2.24, 2.45) is 5.73 Å². The average Bonchev–Trinajstić information content (AvgIpc) is 3.25. The Morgan fingerprint density at radius 2 is 2.00 bits per heavy atom. The third-order valence-corrected chi connectivity index (χ3v) is 4.57. The minimum Gasteiger partial charge on any atom is -0.497 e. The number of furan rings is 1. The summed E-state index contributed by atoms with van der Waals surface area (Å²) in [6.07, 6.45) is 5.55. The molecule has 1 aromatic heterocycles. The number of carbonyl (C=O) groups is 1. The van der Waals surface area contributed by atoms with Crippen molar-refractivity contribution in [1.29, 1.82) is 0 Å². The first-order valence-electron chi connectivity index (χ1n) is 7.91. The van der Waals surface area contributed by atoms with E-state index in [1.807, 2.05) is 24.3 Å². The largest absolute Gasteiger partial charge is 0.497 e. The number of nitrogens with two attached hydrogens (primary N) is 1. The van der Waals surface area contributed by atoms with Gasteiger partial charge in [-0.1, -0.05) is 25.0 Å². The van der Waals surface area contributed by atoms with E-state index in [1.165, 1.54) is 6.26 Å². The van der Waals surface area contributed by atoms with Crippen LogP contribution in [-0.2, 0) is 12.1 Å². The molecule has 0 bridgehead atoms. The topological polar surface area (TPSA) is 77.5 Å². The van der Waals surface area contributed by atoms with E-state index >= 15 is 0 Å². The second kappa shape index (κ2) is 6.46. The summed E-state index contributed by atoms with van der Waals surface area (Å²) in [5, 5.41) is 3.22. The van der Waals surface area contributed by atoms with Crippen LogP contribution in [0, 0.1) is 0 Å². The van der Waals surface area contributed by atoms with Crippen LogP contribution in [0.15, 0.2) is 41.0 Å². The smallest absolute Gasteiger partial charge is 0.255 e. The van der Waals surface area contributed by atoms with Crippen LogP contribution in [0.5, 0.6) is 5.75 Å². The minimum atomic E-state index is -0.316. The van der Waals surface area contributed by atoms with Gasteiger partial charge in [0.05, 0.1) is 24.8 Å². The molecule has 1 heterocycles. The lowest BCUT2D eigenvalue weighted by Gasteiger charge is -2.31. The Hall–Kier alpha value is -2.27. The zero-order valence-electron chi connectivity index (χ0n) is 13.3. The normalized spacial score (nSPS) is 16.3. The fourth-order valence-corrected chi connectivity index (χ4v) is 3.27. The molecule has 0 aliphatic heterocycles. The van der Waals surface area contributed by atoms with Crippen molar-refractivity contribution in [2.45, 2.75) is 37.8 Å². The van der Waals surface area contributed by atoms with Crippen molar-refractivity contribution in [1.82, 2.24) is 5.32 Å². The molecule has 3 N–H and O–H groups in total. The van der Waals surface area contributed by atoms with Gasteiger partial charge < -0.3 is 20.2 Å². The number of nitrogens with one attached hydrogen (secondary N) is 1. The highest BCUT2D eigenvalue weighted by Crippen LogP contribution is 2.39. The Bertz CT molecular complexity index is 670. The third kappa shape index (κ3) is 3.10. The highest BCUT2D eigenvalue weighted by atomic mass is 16.5. The predicted molar refractivity (Wildman–Crippen MR) is 87.2 cm³/mol. The van der Waals surface area contributed by atoms with E-state index in [1.54, 1.807) is 13.2 Å². The number of carbonyl (C=O) groups excluding carboxylic acids is 1. The van der Waals surface area contributed by atoms with Crippen molar-refractivity contribution in [3.63, 3.8) is 0 Å². The summed E-state index contributed by atoms with van der Waals surface area (Å²) in [5.74, 6) is 1.31. The molecule has 0 unspecified atom stereocenters. The molecule has 0 radical (unpaired) electrons. The van der Waals surface area contributed by atoms with E-state index in [0.29, 0.717) is 11.3 Å². The SMILES string of the molecule is COc1ccc(C2(NC(=O)c3coc(CN)c3)CCCC2)cc1. The molecule has 1 aromatic carbocycles. The molecule has 3 rings (SSSR count). The molecular formula is C18H22N2O3. The van der Waals surface area contributed by atoms with E-state index in [9.17, 15) is 4.79 Å². The van der Waals surface area contributed by atoms with Gasteiger partial charge in [-0.3, -0.25) is 4.79 Å². The summed E-state index contributed by atoms with van der Waals surface area (Å²) in [5.41, 5.74) is 6.85. The van der Waals surface area contributed by atoms with Gasteiger partial charge in [0, 0.05) is 0 Å². The first kappa shape index (κ1) is 15.6. The first-order chi connectivity index (χ1) is 11.2. The Kier molecular flexibility index (Phi) is 4.39. The Labute approximate surface area is 135 Å². The van der Waals surface area contributed by atoms with Gasteiger partial charge in [0.25, 0.3) is 5.91 Å². The average molecular weight is 314 g/mol. The molecule has 0 atom stereocenters. The molecule has 5 heteroatoms. The molecule has 0 spiro atoms. The fraction of sp³-hybridized carbons (Fsp3) is 0.389. The van der Waals surface area contributed by atoms with Gasteiger partial charge in [0.15, 0.2) is 0 Å². The van der Waals surface area contributed by atoms with Crippen LogP contribution in [0.1, 0.15) is 47.4 Å². The maximum Gasteiger partial charge on any atom is 0.255 e. The maximum absolute atomic E-state index is 12.6. The molecule has 1 saturated carbocycles. The summed E-state index contributed by atoms with van der Waals surface area (Å²) in [4.78, 5) is 12.6. The second-order valence-electron chi connectivity index (χ2n) is 5.98. The van der Waals surface area contributed by atoms with Gasteiger partial charge in [-0.25, -0.2) is 0 Å².